The molecule has 0 aliphatic carbocycles. The number of hydrogen-bond donors (Lipinski definition) is 2. The summed E-state index contributed by atoms with van der Waals surface area (Å²) in [5, 5.41) is 15.5. The van der Waals surface area contributed by atoms with Crippen molar-refractivity contribution in [3.63, 3.8) is 0 Å². The first-order chi connectivity index (χ1) is 9.79. The fourth-order valence-electron chi connectivity index (χ4n) is 1.54. The monoisotopic (exact) mass is 289 g/mol. The Bertz CT molecular complexity index is 608. The highest BCUT2D eigenvalue weighted by Crippen LogP contribution is 2.15. The molecule has 0 aliphatic rings. The van der Waals surface area contributed by atoms with Crippen LogP contribution in [0.3, 0.4) is 0 Å². The van der Waals surface area contributed by atoms with Crippen molar-refractivity contribution in [1.82, 2.24) is 15.1 Å². The number of amides is 1. The van der Waals surface area contributed by atoms with Crippen molar-refractivity contribution in [2.45, 2.75) is 13.0 Å². The summed E-state index contributed by atoms with van der Waals surface area (Å²) in [7, 11) is 0. The fourth-order valence-corrected chi connectivity index (χ4v) is 2.33. The minimum atomic E-state index is -0.0997. The standard InChI is InChI=1S/C14H15N3O2S/c18-11-2-1-4-12-5-6-13(20-12)14(19)15-8-10-17-9-3-7-16-17/h3,5-7,9,18H,2,8,10-11H2,(H,15,19). The third kappa shape index (κ3) is 4.23. The molecule has 0 radical (unpaired) electrons. The van der Waals surface area contributed by atoms with Crippen molar-refractivity contribution >= 4 is 17.2 Å². The van der Waals surface area contributed by atoms with Crippen LogP contribution in [0.15, 0.2) is 30.6 Å². The molecule has 20 heavy (non-hydrogen) atoms. The molecule has 0 bridgehead atoms. The van der Waals surface area contributed by atoms with Gasteiger partial charge < -0.3 is 10.4 Å². The van der Waals surface area contributed by atoms with Crippen LogP contribution in [0.1, 0.15) is 21.0 Å². The normalized spacial score (nSPS) is 9.85. The van der Waals surface area contributed by atoms with Crippen molar-refractivity contribution in [2.24, 2.45) is 0 Å². The van der Waals surface area contributed by atoms with Crippen molar-refractivity contribution in [3.8, 4) is 11.8 Å². The van der Waals surface area contributed by atoms with Gasteiger partial charge in [0.2, 0.25) is 0 Å². The zero-order chi connectivity index (χ0) is 14.2. The summed E-state index contributed by atoms with van der Waals surface area (Å²) in [6, 6.07) is 5.42. The van der Waals surface area contributed by atoms with E-state index in [1.807, 2.05) is 18.3 Å². The molecule has 0 saturated carbocycles. The van der Waals surface area contributed by atoms with Crippen LogP contribution in [0.4, 0.5) is 0 Å². The lowest BCUT2D eigenvalue weighted by Gasteiger charge is -2.03. The van der Waals surface area contributed by atoms with Crippen LogP contribution in [-0.4, -0.2) is 33.9 Å². The predicted octanol–water partition coefficient (Wildman–Crippen LogP) is 1.11. The van der Waals surface area contributed by atoms with Crippen LogP contribution in [0.2, 0.25) is 0 Å². The molecule has 2 N–H and O–H groups in total. The van der Waals surface area contributed by atoms with Gasteiger partial charge in [-0.3, -0.25) is 9.48 Å². The summed E-state index contributed by atoms with van der Waals surface area (Å²) in [5.41, 5.74) is 0. The van der Waals surface area contributed by atoms with Gasteiger partial charge in [-0.2, -0.15) is 5.10 Å². The Kier molecular flexibility index (Phi) is 5.35. The van der Waals surface area contributed by atoms with Crippen LogP contribution in [0.5, 0.6) is 0 Å². The van der Waals surface area contributed by atoms with E-state index in [4.69, 9.17) is 5.11 Å². The molecule has 2 rings (SSSR count). The van der Waals surface area contributed by atoms with Crippen LogP contribution in [0, 0.1) is 11.8 Å². The highest BCUT2D eigenvalue weighted by molar-refractivity contribution is 7.14. The summed E-state index contributed by atoms with van der Waals surface area (Å²) in [6.07, 6.45) is 4.01. The van der Waals surface area contributed by atoms with Crippen LogP contribution in [-0.2, 0) is 6.54 Å². The molecule has 1 amide bonds. The number of rotatable bonds is 5. The number of carbonyl (C=O) groups is 1. The van der Waals surface area contributed by atoms with E-state index in [2.05, 4.69) is 22.3 Å². The first kappa shape index (κ1) is 14.3. The molecule has 104 valence electrons. The summed E-state index contributed by atoms with van der Waals surface area (Å²) in [4.78, 5) is 13.4. The van der Waals surface area contributed by atoms with Crippen LogP contribution in [0.25, 0.3) is 0 Å². The summed E-state index contributed by atoms with van der Waals surface area (Å²) in [5.74, 6) is 5.65. The molecule has 0 saturated heterocycles. The van der Waals surface area contributed by atoms with E-state index in [-0.39, 0.29) is 12.5 Å². The second-order valence-corrected chi connectivity index (χ2v) is 5.05. The molecule has 2 heterocycles. The van der Waals surface area contributed by atoms with Gasteiger partial charge in [0.1, 0.15) is 0 Å². The van der Waals surface area contributed by atoms with Crippen molar-refractivity contribution < 1.29 is 9.90 Å². The summed E-state index contributed by atoms with van der Waals surface area (Å²) in [6.45, 7) is 1.23. The first-order valence-corrected chi connectivity index (χ1v) is 7.06. The highest BCUT2D eigenvalue weighted by Gasteiger charge is 2.07. The molecule has 0 aromatic carbocycles. The minimum Gasteiger partial charge on any atom is -0.395 e. The Hall–Kier alpha value is -2.10. The van der Waals surface area contributed by atoms with E-state index < -0.39 is 0 Å². The van der Waals surface area contributed by atoms with Crippen molar-refractivity contribution in [3.05, 3.63) is 40.3 Å². The van der Waals surface area contributed by atoms with Crippen LogP contribution < -0.4 is 5.32 Å². The average Bonchev–Trinajstić information content (AvgIpc) is 3.10. The Morgan fingerprint density at radius 3 is 3.15 bits per heavy atom. The third-order valence-corrected chi connectivity index (χ3v) is 3.46. The lowest BCUT2D eigenvalue weighted by atomic mass is 10.4. The van der Waals surface area contributed by atoms with E-state index in [0.717, 1.165) is 4.88 Å². The van der Waals surface area contributed by atoms with Gasteiger partial charge in [0, 0.05) is 25.4 Å². The zero-order valence-corrected chi connectivity index (χ0v) is 11.7. The van der Waals surface area contributed by atoms with Gasteiger partial charge >= 0.3 is 0 Å². The fraction of sp³-hybridized carbons (Fsp3) is 0.286. The average molecular weight is 289 g/mol. The number of aliphatic hydroxyl groups is 1. The second kappa shape index (κ2) is 7.48. The maximum atomic E-state index is 11.9. The Balaban J connectivity index is 1.82. The maximum absolute atomic E-state index is 11.9. The van der Waals surface area contributed by atoms with E-state index in [0.29, 0.717) is 24.4 Å². The van der Waals surface area contributed by atoms with E-state index in [1.165, 1.54) is 11.3 Å². The first-order valence-electron chi connectivity index (χ1n) is 6.25. The molecule has 6 heteroatoms. The number of nitrogens with zero attached hydrogens (tertiary/aromatic N) is 2. The van der Waals surface area contributed by atoms with Crippen LogP contribution >= 0.6 is 11.3 Å². The Morgan fingerprint density at radius 2 is 2.40 bits per heavy atom. The lowest BCUT2D eigenvalue weighted by Crippen LogP contribution is -2.26. The number of aliphatic hydroxyl groups excluding tert-OH is 1. The molecular formula is C14H15N3O2S. The predicted molar refractivity (Wildman–Crippen MR) is 77.5 cm³/mol. The molecular weight excluding hydrogens is 274 g/mol. The maximum Gasteiger partial charge on any atom is 0.261 e. The molecule has 0 spiro atoms. The van der Waals surface area contributed by atoms with Gasteiger partial charge in [0.15, 0.2) is 0 Å². The molecule has 5 nitrogen and oxygen atoms in total. The Labute approximate surface area is 121 Å². The molecule has 2 aromatic heterocycles. The second-order valence-electron chi connectivity index (χ2n) is 3.96. The number of hydrogen-bond acceptors (Lipinski definition) is 4. The van der Waals surface area contributed by atoms with Gasteiger partial charge in [-0.25, -0.2) is 0 Å². The Morgan fingerprint density at radius 1 is 1.50 bits per heavy atom. The van der Waals surface area contributed by atoms with Gasteiger partial charge in [0.25, 0.3) is 5.91 Å². The van der Waals surface area contributed by atoms with Gasteiger partial charge in [-0.1, -0.05) is 11.8 Å². The number of carbonyl (C=O) groups excluding carboxylic acids is 1. The highest BCUT2D eigenvalue weighted by atomic mass is 32.1. The van der Waals surface area contributed by atoms with E-state index >= 15 is 0 Å². The van der Waals surface area contributed by atoms with Gasteiger partial charge in [-0.15, -0.1) is 11.3 Å². The summed E-state index contributed by atoms with van der Waals surface area (Å²) < 4.78 is 1.76. The number of thiophene rings is 1. The van der Waals surface area contributed by atoms with Gasteiger partial charge in [-0.05, 0) is 18.2 Å². The lowest BCUT2D eigenvalue weighted by molar-refractivity contribution is 0.0956. The smallest absolute Gasteiger partial charge is 0.261 e. The quantitative estimate of drug-likeness (QED) is 0.810. The molecule has 0 atom stereocenters. The third-order valence-electron chi connectivity index (χ3n) is 2.46. The summed E-state index contributed by atoms with van der Waals surface area (Å²) >= 11 is 1.35. The topological polar surface area (TPSA) is 67.2 Å². The minimum absolute atomic E-state index is 0.0547. The van der Waals surface area contributed by atoms with Crippen molar-refractivity contribution in [1.29, 1.82) is 0 Å². The zero-order valence-electron chi connectivity index (χ0n) is 10.9. The largest absolute Gasteiger partial charge is 0.395 e. The molecule has 0 unspecified atom stereocenters. The van der Waals surface area contributed by atoms with E-state index in [9.17, 15) is 4.79 Å². The molecule has 0 aliphatic heterocycles. The number of aromatic nitrogens is 2. The van der Waals surface area contributed by atoms with Crippen molar-refractivity contribution in [2.75, 3.05) is 13.2 Å². The van der Waals surface area contributed by atoms with E-state index in [1.54, 1.807) is 16.9 Å². The SMILES string of the molecule is O=C(NCCn1cccn1)c1ccc(C#CCCO)s1. The van der Waals surface area contributed by atoms with Gasteiger partial charge in [0.05, 0.1) is 22.9 Å². The molecule has 0 fully saturated rings. The molecule has 2 aromatic rings. The number of nitrogens with one attached hydrogen (secondary N) is 1.